The van der Waals surface area contributed by atoms with Gasteiger partial charge in [-0.2, -0.15) is 0 Å². The monoisotopic (exact) mass is 197 g/mol. The van der Waals surface area contributed by atoms with E-state index in [0.29, 0.717) is 18.6 Å². The third-order valence-electron chi connectivity index (χ3n) is 2.83. The second-order valence-corrected chi connectivity index (χ2v) is 3.60. The van der Waals surface area contributed by atoms with E-state index < -0.39 is 17.5 Å². The number of carbonyl (C=O) groups excluding carboxylic acids is 2. The fourth-order valence-corrected chi connectivity index (χ4v) is 2.16. The first kappa shape index (κ1) is 9.18. The van der Waals surface area contributed by atoms with E-state index in [-0.39, 0.29) is 5.78 Å². The molecule has 0 N–H and O–H groups in total. The molecule has 0 spiro atoms. The van der Waals surface area contributed by atoms with Crippen LogP contribution < -0.4 is 0 Å². The lowest BCUT2D eigenvalue weighted by Gasteiger charge is -2.21. The minimum Gasteiger partial charge on any atom is -0.466 e. The SMILES string of the molecule is COC(=O)C12CCC(=O)C1C(C)=NO2. The van der Waals surface area contributed by atoms with Crippen LogP contribution in [0.15, 0.2) is 5.16 Å². The molecule has 0 aromatic carbocycles. The summed E-state index contributed by atoms with van der Waals surface area (Å²) in [5.41, 5.74) is -0.589. The Morgan fingerprint density at radius 1 is 1.71 bits per heavy atom. The van der Waals surface area contributed by atoms with Crippen LogP contribution in [0.5, 0.6) is 0 Å². The van der Waals surface area contributed by atoms with Crippen molar-refractivity contribution >= 4 is 17.5 Å². The summed E-state index contributed by atoms with van der Waals surface area (Å²) < 4.78 is 4.65. The molecule has 0 aromatic rings. The summed E-state index contributed by atoms with van der Waals surface area (Å²) in [6.07, 6.45) is 0.719. The summed E-state index contributed by atoms with van der Waals surface area (Å²) in [5, 5.41) is 3.71. The standard InChI is InChI=1S/C9H11NO4/c1-5-7-6(11)3-4-9(7,14-10-5)8(12)13-2/h7H,3-4H2,1-2H3. The predicted octanol–water partition coefficient (Wildman–Crippen LogP) is 0.283. The third-order valence-corrected chi connectivity index (χ3v) is 2.83. The van der Waals surface area contributed by atoms with Crippen molar-refractivity contribution in [3.8, 4) is 0 Å². The zero-order valence-electron chi connectivity index (χ0n) is 8.07. The lowest BCUT2D eigenvalue weighted by molar-refractivity contribution is -0.169. The van der Waals surface area contributed by atoms with Crippen LogP contribution >= 0.6 is 0 Å². The summed E-state index contributed by atoms with van der Waals surface area (Å²) in [6, 6.07) is 0. The van der Waals surface area contributed by atoms with Crippen LogP contribution in [0.3, 0.4) is 0 Å². The molecule has 5 nitrogen and oxygen atoms in total. The number of ether oxygens (including phenoxy) is 1. The molecule has 76 valence electrons. The molecular weight excluding hydrogens is 186 g/mol. The normalized spacial score (nSPS) is 34.9. The van der Waals surface area contributed by atoms with E-state index >= 15 is 0 Å². The van der Waals surface area contributed by atoms with Gasteiger partial charge in [0.2, 0.25) is 5.60 Å². The lowest BCUT2D eigenvalue weighted by Crippen LogP contribution is -2.45. The molecular formula is C9H11NO4. The fraction of sp³-hybridized carbons (Fsp3) is 0.667. The van der Waals surface area contributed by atoms with E-state index in [1.165, 1.54) is 7.11 Å². The summed E-state index contributed by atoms with van der Waals surface area (Å²) in [7, 11) is 1.29. The average Bonchev–Trinajstić information content (AvgIpc) is 2.68. The molecule has 1 fully saturated rings. The Kier molecular flexibility index (Phi) is 1.83. The summed E-state index contributed by atoms with van der Waals surface area (Å²) in [6.45, 7) is 1.69. The van der Waals surface area contributed by atoms with E-state index in [1.807, 2.05) is 0 Å². The van der Waals surface area contributed by atoms with Gasteiger partial charge in [0.05, 0.1) is 12.8 Å². The largest absolute Gasteiger partial charge is 0.466 e. The van der Waals surface area contributed by atoms with E-state index in [9.17, 15) is 9.59 Å². The molecule has 2 rings (SSSR count). The number of ketones is 1. The molecule has 0 radical (unpaired) electrons. The Bertz CT molecular complexity index is 336. The molecule has 0 aromatic heterocycles. The van der Waals surface area contributed by atoms with Crippen molar-refractivity contribution in [3.63, 3.8) is 0 Å². The number of nitrogens with zero attached hydrogens (tertiary/aromatic N) is 1. The van der Waals surface area contributed by atoms with Crippen molar-refractivity contribution < 1.29 is 19.2 Å². The molecule has 0 saturated heterocycles. The van der Waals surface area contributed by atoms with Gasteiger partial charge in [0.25, 0.3) is 0 Å². The number of esters is 1. The summed E-state index contributed by atoms with van der Waals surface area (Å²) in [4.78, 5) is 28.2. The van der Waals surface area contributed by atoms with Crippen molar-refractivity contribution in [2.24, 2.45) is 11.1 Å². The van der Waals surface area contributed by atoms with Crippen LogP contribution in [-0.4, -0.2) is 30.2 Å². The highest BCUT2D eigenvalue weighted by Gasteiger charge is 2.61. The number of hydrogen-bond acceptors (Lipinski definition) is 5. The first-order valence-electron chi connectivity index (χ1n) is 4.45. The van der Waals surface area contributed by atoms with Crippen LogP contribution in [0.1, 0.15) is 19.8 Å². The lowest BCUT2D eigenvalue weighted by atomic mass is 9.88. The van der Waals surface area contributed by atoms with Gasteiger partial charge in [-0.05, 0) is 6.92 Å². The molecule has 0 amide bonds. The second-order valence-electron chi connectivity index (χ2n) is 3.60. The van der Waals surface area contributed by atoms with Crippen LogP contribution in [0.2, 0.25) is 0 Å². The zero-order chi connectivity index (χ0) is 10.3. The maximum absolute atomic E-state index is 11.5. The molecule has 1 heterocycles. The van der Waals surface area contributed by atoms with Crippen LogP contribution in [0, 0.1) is 5.92 Å². The predicted molar refractivity (Wildman–Crippen MR) is 46.7 cm³/mol. The number of carbonyl (C=O) groups is 2. The topological polar surface area (TPSA) is 65.0 Å². The fourth-order valence-electron chi connectivity index (χ4n) is 2.16. The Labute approximate surface area is 81.0 Å². The third kappa shape index (κ3) is 0.921. The maximum Gasteiger partial charge on any atom is 0.354 e. The van der Waals surface area contributed by atoms with Gasteiger partial charge in [-0.3, -0.25) is 4.79 Å². The molecule has 14 heavy (non-hydrogen) atoms. The Hall–Kier alpha value is -1.39. The van der Waals surface area contributed by atoms with Gasteiger partial charge in [-0.25, -0.2) is 4.79 Å². The van der Waals surface area contributed by atoms with Crippen molar-refractivity contribution in [3.05, 3.63) is 0 Å². The first-order valence-corrected chi connectivity index (χ1v) is 4.45. The number of oxime groups is 1. The van der Waals surface area contributed by atoms with Crippen LogP contribution in [0.4, 0.5) is 0 Å². The molecule has 2 aliphatic rings. The molecule has 0 bridgehead atoms. The van der Waals surface area contributed by atoms with E-state index in [4.69, 9.17) is 4.84 Å². The van der Waals surface area contributed by atoms with Gasteiger partial charge >= 0.3 is 5.97 Å². The minimum atomic E-state index is -1.16. The van der Waals surface area contributed by atoms with Crippen molar-refractivity contribution in [2.45, 2.75) is 25.4 Å². The van der Waals surface area contributed by atoms with Gasteiger partial charge in [0, 0.05) is 12.8 Å². The number of rotatable bonds is 1. The zero-order valence-corrected chi connectivity index (χ0v) is 8.07. The van der Waals surface area contributed by atoms with E-state index in [1.54, 1.807) is 6.92 Å². The van der Waals surface area contributed by atoms with Gasteiger partial charge in [-0.1, -0.05) is 5.16 Å². The maximum atomic E-state index is 11.5. The number of fused-ring (bicyclic) bond motifs is 1. The van der Waals surface area contributed by atoms with Gasteiger partial charge in [0.15, 0.2) is 0 Å². The highest BCUT2D eigenvalue weighted by molar-refractivity contribution is 6.12. The smallest absolute Gasteiger partial charge is 0.354 e. The number of methoxy groups -OCH3 is 1. The molecule has 2 unspecified atom stereocenters. The Balaban J connectivity index is 2.38. The summed E-state index contributed by atoms with van der Waals surface area (Å²) >= 11 is 0. The minimum absolute atomic E-state index is 0.00847. The Morgan fingerprint density at radius 2 is 2.43 bits per heavy atom. The number of Topliss-reactive ketones (excluding diaryl/α,β-unsaturated/α-hetero) is 1. The molecule has 1 aliphatic heterocycles. The quantitative estimate of drug-likeness (QED) is 0.566. The van der Waals surface area contributed by atoms with Gasteiger partial charge in [0.1, 0.15) is 11.7 Å². The molecule has 1 saturated carbocycles. The molecule has 2 atom stereocenters. The molecule has 1 aliphatic carbocycles. The highest BCUT2D eigenvalue weighted by Crippen LogP contribution is 2.42. The van der Waals surface area contributed by atoms with Crippen molar-refractivity contribution in [2.75, 3.05) is 7.11 Å². The number of hydrogen-bond donors (Lipinski definition) is 0. The highest BCUT2D eigenvalue weighted by atomic mass is 16.7. The second kappa shape index (κ2) is 2.80. The van der Waals surface area contributed by atoms with Gasteiger partial charge in [-0.15, -0.1) is 0 Å². The molecule has 5 heteroatoms. The van der Waals surface area contributed by atoms with E-state index in [2.05, 4.69) is 9.89 Å². The van der Waals surface area contributed by atoms with Crippen molar-refractivity contribution in [1.82, 2.24) is 0 Å². The van der Waals surface area contributed by atoms with Gasteiger partial charge < -0.3 is 9.57 Å². The average molecular weight is 197 g/mol. The van der Waals surface area contributed by atoms with Crippen LogP contribution in [0.25, 0.3) is 0 Å². The van der Waals surface area contributed by atoms with Crippen molar-refractivity contribution in [1.29, 1.82) is 0 Å². The Morgan fingerprint density at radius 3 is 3.07 bits per heavy atom. The van der Waals surface area contributed by atoms with Crippen LogP contribution in [-0.2, 0) is 19.2 Å². The van der Waals surface area contributed by atoms with E-state index in [0.717, 1.165) is 0 Å². The summed E-state index contributed by atoms with van der Waals surface area (Å²) in [5.74, 6) is -1.03. The first-order chi connectivity index (χ1) is 6.62.